The van der Waals surface area contributed by atoms with Gasteiger partial charge in [0.25, 0.3) is 0 Å². The fourth-order valence-corrected chi connectivity index (χ4v) is 6.78. The number of nitrogens with zero attached hydrogens (tertiary/aromatic N) is 3. The van der Waals surface area contributed by atoms with E-state index in [9.17, 15) is 0 Å². The van der Waals surface area contributed by atoms with E-state index >= 15 is 0 Å². The highest BCUT2D eigenvalue weighted by Crippen LogP contribution is 2.40. The summed E-state index contributed by atoms with van der Waals surface area (Å²) in [7, 11) is 0. The summed E-state index contributed by atoms with van der Waals surface area (Å²) < 4.78 is 2.24. The van der Waals surface area contributed by atoms with Crippen LogP contribution in [0.25, 0.3) is 83.3 Å². The highest BCUT2D eigenvalue weighted by Gasteiger charge is 2.17. The van der Waals surface area contributed by atoms with Crippen molar-refractivity contribution in [1.29, 1.82) is 0 Å². The molecule has 0 N–H and O–H groups in total. The van der Waals surface area contributed by atoms with E-state index in [2.05, 4.69) is 168 Å². The van der Waals surface area contributed by atoms with Crippen molar-refractivity contribution in [3.63, 3.8) is 0 Å². The van der Waals surface area contributed by atoms with Crippen LogP contribution in [0.3, 0.4) is 0 Å². The molecule has 0 spiro atoms. The first-order valence-corrected chi connectivity index (χ1v) is 15.9. The fourth-order valence-electron chi connectivity index (χ4n) is 6.78. The smallest absolute Gasteiger partial charge is 0.145 e. The zero-order chi connectivity index (χ0) is 31.2. The molecule has 0 bridgehead atoms. The first-order valence-electron chi connectivity index (χ1n) is 15.9. The first kappa shape index (κ1) is 27.0. The summed E-state index contributed by atoms with van der Waals surface area (Å²) in [5.41, 5.74) is 12.0. The molecular formula is C44H29N3. The Kier molecular flexibility index (Phi) is 6.46. The Morgan fingerprint density at radius 3 is 1.79 bits per heavy atom. The maximum Gasteiger partial charge on any atom is 0.145 e. The zero-order valence-corrected chi connectivity index (χ0v) is 25.6. The molecule has 9 aromatic rings. The Labute approximate surface area is 273 Å². The SMILES string of the molecule is c1ccc(-c2nc3cc(-c4ccc(-c5nc6ccccc6n5-c5ccccc5)cc4)ccc3c3c(-c4ccccc4)cccc23)cc1. The third-order valence-corrected chi connectivity index (χ3v) is 9.00. The van der Waals surface area contributed by atoms with E-state index in [1.165, 1.54) is 16.5 Å². The van der Waals surface area contributed by atoms with Crippen molar-refractivity contribution in [2.45, 2.75) is 0 Å². The number of rotatable bonds is 5. The van der Waals surface area contributed by atoms with Crippen LogP contribution in [0, 0.1) is 0 Å². The monoisotopic (exact) mass is 599 g/mol. The molecule has 0 radical (unpaired) electrons. The molecule has 9 rings (SSSR count). The maximum atomic E-state index is 5.32. The second-order valence-corrected chi connectivity index (χ2v) is 11.8. The van der Waals surface area contributed by atoms with Gasteiger partial charge in [0.05, 0.1) is 22.2 Å². The van der Waals surface area contributed by atoms with Crippen molar-refractivity contribution in [3.8, 4) is 50.6 Å². The molecule has 0 amide bonds. The van der Waals surface area contributed by atoms with E-state index in [-0.39, 0.29) is 0 Å². The van der Waals surface area contributed by atoms with Crippen LogP contribution in [0.2, 0.25) is 0 Å². The number of hydrogen-bond acceptors (Lipinski definition) is 2. The van der Waals surface area contributed by atoms with Crippen molar-refractivity contribution < 1.29 is 0 Å². The van der Waals surface area contributed by atoms with Crippen LogP contribution in [-0.4, -0.2) is 14.5 Å². The molecule has 2 aromatic heterocycles. The maximum absolute atomic E-state index is 5.32. The Morgan fingerprint density at radius 2 is 1.02 bits per heavy atom. The summed E-state index contributed by atoms with van der Waals surface area (Å²) in [5, 5.41) is 3.53. The highest BCUT2D eigenvalue weighted by molar-refractivity contribution is 6.17. The van der Waals surface area contributed by atoms with Crippen LogP contribution >= 0.6 is 0 Å². The molecular weight excluding hydrogens is 571 g/mol. The average Bonchev–Trinajstić information content (AvgIpc) is 3.55. The van der Waals surface area contributed by atoms with Crippen LogP contribution in [0.15, 0.2) is 176 Å². The van der Waals surface area contributed by atoms with Crippen LogP contribution in [0.4, 0.5) is 0 Å². The zero-order valence-electron chi connectivity index (χ0n) is 25.6. The number of imidazole rings is 1. The number of para-hydroxylation sites is 3. The molecule has 47 heavy (non-hydrogen) atoms. The minimum Gasteiger partial charge on any atom is -0.292 e. The molecule has 3 nitrogen and oxygen atoms in total. The Morgan fingerprint density at radius 1 is 0.383 bits per heavy atom. The summed E-state index contributed by atoms with van der Waals surface area (Å²) in [6, 6.07) is 61.9. The highest BCUT2D eigenvalue weighted by atomic mass is 15.1. The normalized spacial score (nSPS) is 11.4. The Balaban J connectivity index is 1.19. The van der Waals surface area contributed by atoms with E-state index in [1.54, 1.807) is 0 Å². The van der Waals surface area contributed by atoms with Crippen molar-refractivity contribution in [2.24, 2.45) is 0 Å². The molecule has 3 heteroatoms. The predicted octanol–water partition coefficient (Wildman–Crippen LogP) is 11.4. The topological polar surface area (TPSA) is 30.7 Å². The van der Waals surface area contributed by atoms with Crippen molar-refractivity contribution in [1.82, 2.24) is 14.5 Å². The molecule has 2 heterocycles. The minimum atomic E-state index is 0.927. The molecule has 0 saturated heterocycles. The second-order valence-electron chi connectivity index (χ2n) is 11.8. The lowest BCUT2D eigenvalue weighted by Gasteiger charge is -2.15. The number of fused-ring (bicyclic) bond motifs is 4. The van der Waals surface area contributed by atoms with E-state index in [0.29, 0.717) is 0 Å². The fraction of sp³-hybridized carbons (Fsp3) is 0. The van der Waals surface area contributed by atoms with E-state index in [4.69, 9.17) is 9.97 Å². The van der Waals surface area contributed by atoms with Crippen molar-refractivity contribution >= 4 is 32.7 Å². The summed E-state index contributed by atoms with van der Waals surface area (Å²) in [6.45, 7) is 0. The second kappa shape index (κ2) is 11.2. The lowest BCUT2D eigenvalue weighted by atomic mass is 9.92. The van der Waals surface area contributed by atoms with Crippen LogP contribution in [0.5, 0.6) is 0 Å². The summed E-state index contributed by atoms with van der Waals surface area (Å²) in [5.74, 6) is 0.927. The number of aromatic nitrogens is 3. The largest absolute Gasteiger partial charge is 0.292 e. The molecule has 220 valence electrons. The van der Waals surface area contributed by atoms with Crippen molar-refractivity contribution in [2.75, 3.05) is 0 Å². The summed E-state index contributed by atoms with van der Waals surface area (Å²) in [6.07, 6.45) is 0. The van der Waals surface area contributed by atoms with Crippen LogP contribution in [0.1, 0.15) is 0 Å². The van der Waals surface area contributed by atoms with Crippen LogP contribution in [-0.2, 0) is 0 Å². The van der Waals surface area contributed by atoms with E-state index in [0.717, 1.165) is 66.8 Å². The predicted molar refractivity (Wildman–Crippen MR) is 196 cm³/mol. The first-order chi connectivity index (χ1) is 23.3. The van der Waals surface area contributed by atoms with Gasteiger partial charge in [0.2, 0.25) is 0 Å². The minimum absolute atomic E-state index is 0.927. The lowest BCUT2D eigenvalue weighted by molar-refractivity contribution is 1.10. The van der Waals surface area contributed by atoms with E-state index in [1.807, 2.05) is 12.1 Å². The standard InChI is InChI=1S/C44H29N3/c1-4-13-31(14-5-1)36-19-12-20-38-42(36)37-28-27-34(29-40(37)45-43(38)32-15-6-2-7-16-32)30-23-25-33(26-24-30)44-46-39-21-10-11-22-41(39)47(44)35-17-8-3-9-18-35/h1-29H. The number of benzene rings is 7. The lowest BCUT2D eigenvalue weighted by Crippen LogP contribution is -1.97. The molecule has 0 aliphatic carbocycles. The quantitative estimate of drug-likeness (QED) is 0.184. The third-order valence-electron chi connectivity index (χ3n) is 9.00. The van der Waals surface area contributed by atoms with Gasteiger partial charge in [0, 0.05) is 33.0 Å². The summed E-state index contributed by atoms with van der Waals surface area (Å²) in [4.78, 5) is 10.4. The van der Waals surface area contributed by atoms with Gasteiger partial charge in [-0.25, -0.2) is 9.97 Å². The van der Waals surface area contributed by atoms with Gasteiger partial charge < -0.3 is 0 Å². The van der Waals surface area contributed by atoms with Gasteiger partial charge in [-0.3, -0.25) is 4.57 Å². The number of hydrogen-bond donors (Lipinski definition) is 0. The Hall–Kier alpha value is -6.32. The molecule has 0 aliphatic rings. The van der Waals surface area contributed by atoms with Gasteiger partial charge >= 0.3 is 0 Å². The van der Waals surface area contributed by atoms with Gasteiger partial charge in [0.15, 0.2) is 0 Å². The Bertz CT molecular complexity index is 2530. The van der Waals surface area contributed by atoms with Gasteiger partial charge in [-0.05, 0) is 52.6 Å². The van der Waals surface area contributed by atoms with Crippen molar-refractivity contribution in [3.05, 3.63) is 176 Å². The molecule has 0 unspecified atom stereocenters. The van der Waals surface area contributed by atoms with Crippen LogP contribution < -0.4 is 0 Å². The molecule has 0 fully saturated rings. The molecule has 0 saturated carbocycles. The van der Waals surface area contributed by atoms with Gasteiger partial charge in [0.1, 0.15) is 5.82 Å². The van der Waals surface area contributed by atoms with E-state index < -0.39 is 0 Å². The summed E-state index contributed by atoms with van der Waals surface area (Å²) >= 11 is 0. The molecule has 0 aliphatic heterocycles. The number of pyridine rings is 1. The van der Waals surface area contributed by atoms with Gasteiger partial charge in [-0.15, -0.1) is 0 Å². The van der Waals surface area contributed by atoms with Gasteiger partial charge in [-0.2, -0.15) is 0 Å². The molecule has 7 aromatic carbocycles. The third kappa shape index (κ3) is 4.68. The molecule has 0 atom stereocenters. The average molecular weight is 600 g/mol. The van der Waals surface area contributed by atoms with Gasteiger partial charge in [-0.1, -0.05) is 146 Å².